The number of carbonyl (C=O) groups excluding carboxylic acids is 1. The number of methoxy groups -OCH3 is 1. The standard InChI is InChI=1S/C16H20BrN5O2/c1-10-15(20-21-22(10)12-5-7-18-8-6-12)16(23)19-11-3-4-13(17)14(9-11)24-2/h3-4,9,12,18H,5-8H2,1-2H3,(H,19,23). The van der Waals surface area contributed by atoms with Gasteiger partial charge in [-0.2, -0.15) is 0 Å². The van der Waals surface area contributed by atoms with Gasteiger partial charge in [0.15, 0.2) is 5.69 Å². The normalized spacial score (nSPS) is 15.3. The summed E-state index contributed by atoms with van der Waals surface area (Å²) in [5.74, 6) is 0.389. The predicted molar refractivity (Wildman–Crippen MR) is 94.5 cm³/mol. The van der Waals surface area contributed by atoms with Gasteiger partial charge in [0, 0.05) is 11.8 Å². The highest BCUT2D eigenvalue weighted by molar-refractivity contribution is 9.10. The molecule has 0 saturated carbocycles. The summed E-state index contributed by atoms with van der Waals surface area (Å²) >= 11 is 3.39. The molecule has 3 rings (SSSR count). The molecule has 2 heterocycles. The zero-order valence-electron chi connectivity index (χ0n) is 13.7. The lowest BCUT2D eigenvalue weighted by Crippen LogP contribution is -2.30. The van der Waals surface area contributed by atoms with Crippen LogP contribution in [0.1, 0.15) is 35.1 Å². The first-order valence-electron chi connectivity index (χ1n) is 7.87. The average Bonchev–Trinajstić information content (AvgIpc) is 2.99. The minimum atomic E-state index is -0.267. The van der Waals surface area contributed by atoms with Crippen LogP contribution in [0.2, 0.25) is 0 Å². The van der Waals surface area contributed by atoms with E-state index in [9.17, 15) is 4.79 Å². The first-order valence-corrected chi connectivity index (χ1v) is 8.67. The van der Waals surface area contributed by atoms with Crippen molar-refractivity contribution in [2.45, 2.75) is 25.8 Å². The van der Waals surface area contributed by atoms with Crippen LogP contribution in [0.5, 0.6) is 5.75 Å². The van der Waals surface area contributed by atoms with Crippen molar-refractivity contribution in [3.63, 3.8) is 0 Å². The minimum absolute atomic E-state index is 0.267. The van der Waals surface area contributed by atoms with Crippen molar-refractivity contribution in [2.75, 3.05) is 25.5 Å². The molecule has 7 nitrogen and oxygen atoms in total. The Morgan fingerprint density at radius 3 is 2.88 bits per heavy atom. The van der Waals surface area contributed by atoms with Crippen molar-refractivity contribution in [3.05, 3.63) is 34.1 Å². The van der Waals surface area contributed by atoms with Crippen LogP contribution in [0.15, 0.2) is 22.7 Å². The van der Waals surface area contributed by atoms with E-state index < -0.39 is 0 Å². The molecule has 0 radical (unpaired) electrons. The summed E-state index contributed by atoms with van der Waals surface area (Å²) in [7, 11) is 1.58. The Morgan fingerprint density at radius 1 is 1.42 bits per heavy atom. The number of rotatable bonds is 4. The topological polar surface area (TPSA) is 81.1 Å². The van der Waals surface area contributed by atoms with Crippen molar-refractivity contribution in [1.29, 1.82) is 0 Å². The molecule has 0 aliphatic carbocycles. The molecule has 0 unspecified atom stereocenters. The number of halogens is 1. The van der Waals surface area contributed by atoms with Crippen molar-refractivity contribution >= 4 is 27.5 Å². The maximum absolute atomic E-state index is 12.5. The summed E-state index contributed by atoms with van der Waals surface area (Å²) in [5.41, 5.74) is 1.80. The van der Waals surface area contributed by atoms with Crippen LogP contribution >= 0.6 is 15.9 Å². The second kappa shape index (κ2) is 7.31. The van der Waals surface area contributed by atoms with Crippen LogP contribution in [-0.4, -0.2) is 41.1 Å². The molecule has 2 N–H and O–H groups in total. The lowest BCUT2D eigenvalue weighted by molar-refractivity contribution is 0.102. The van der Waals surface area contributed by atoms with Crippen molar-refractivity contribution in [3.8, 4) is 5.75 Å². The van der Waals surface area contributed by atoms with Gasteiger partial charge in [0.25, 0.3) is 5.91 Å². The van der Waals surface area contributed by atoms with Crippen LogP contribution in [0, 0.1) is 6.92 Å². The van der Waals surface area contributed by atoms with Crippen molar-refractivity contribution in [1.82, 2.24) is 20.3 Å². The highest BCUT2D eigenvalue weighted by Gasteiger charge is 2.23. The molecule has 0 bridgehead atoms. The number of nitrogens with one attached hydrogen (secondary N) is 2. The molecule has 0 atom stereocenters. The Kier molecular flexibility index (Phi) is 5.15. The van der Waals surface area contributed by atoms with E-state index in [-0.39, 0.29) is 5.91 Å². The number of ether oxygens (including phenoxy) is 1. The fourth-order valence-corrected chi connectivity index (χ4v) is 3.29. The molecule has 24 heavy (non-hydrogen) atoms. The first-order chi connectivity index (χ1) is 11.6. The summed E-state index contributed by atoms with van der Waals surface area (Å²) in [5, 5.41) is 14.5. The van der Waals surface area contributed by atoms with E-state index >= 15 is 0 Å². The number of hydrogen-bond acceptors (Lipinski definition) is 5. The van der Waals surface area contributed by atoms with Crippen LogP contribution in [-0.2, 0) is 0 Å². The van der Waals surface area contributed by atoms with Gasteiger partial charge in [0.1, 0.15) is 5.75 Å². The third-order valence-electron chi connectivity index (χ3n) is 4.21. The van der Waals surface area contributed by atoms with Crippen LogP contribution in [0.3, 0.4) is 0 Å². The van der Waals surface area contributed by atoms with Crippen LogP contribution in [0.4, 0.5) is 5.69 Å². The highest BCUT2D eigenvalue weighted by Crippen LogP contribution is 2.28. The van der Waals surface area contributed by atoms with E-state index in [0.29, 0.717) is 23.2 Å². The number of benzene rings is 1. The molecular formula is C16H20BrN5O2. The van der Waals surface area contributed by atoms with Gasteiger partial charge >= 0.3 is 0 Å². The Morgan fingerprint density at radius 2 is 2.17 bits per heavy atom. The summed E-state index contributed by atoms with van der Waals surface area (Å²) < 4.78 is 7.95. The molecular weight excluding hydrogens is 374 g/mol. The maximum Gasteiger partial charge on any atom is 0.278 e. The number of piperidine rings is 1. The molecule has 1 saturated heterocycles. The Balaban J connectivity index is 1.77. The molecule has 1 aliphatic heterocycles. The predicted octanol–water partition coefficient (Wildman–Crippen LogP) is 2.53. The second-order valence-electron chi connectivity index (χ2n) is 5.75. The fraction of sp³-hybridized carbons (Fsp3) is 0.438. The van der Waals surface area contributed by atoms with E-state index in [1.807, 2.05) is 17.7 Å². The van der Waals surface area contributed by atoms with Gasteiger partial charge in [-0.1, -0.05) is 5.21 Å². The maximum atomic E-state index is 12.5. The monoisotopic (exact) mass is 393 g/mol. The number of anilines is 1. The molecule has 1 aromatic heterocycles. The van der Waals surface area contributed by atoms with Gasteiger partial charge in [-0.15, -0.1) is 5.10 Å². The zero-order valence-corrected chi connectivity index (χ0v) is 15.3. The van der Waals surface area contributed by atoms with E-state index in [2.05, 4.69) is 36.9 Å². The average molecular weight is 394 g/mol. The largest absolute Gasteiger partial charge is 0.495 e. The number of nitrogens with zero attached hydrogens (tertiary/aromatic N) is 3. The smallest absolute Gasteiger partial charge is 0.278 e. The van der Waals surface area contributed by atoms with Gasteiger partial charge in [0.2, 0.25) is 0 Å². The molecule has 1 fully saturated rings. The molecule has 0 spiro atoms. The summed E-state index contributed by atoms with van der Waals surface area (Å²) in [6.45, 7) is 3.81. The Labute approximate surface area is 148 Å². The molecule has 1 aliphatic rings. The van der Waals surface area contributed by atoms with Gasteiger partial charge in [-0.05, 0) is 60.9 Å². The number of amides is 1. The lowest BCUT2D eigenvalue weighted by atomic mass is 10.1. The molecule has 2 aromatic rings. The van der Waals surface area contributed by atoms with Gasteiger partial charge in [0.05, 0.1) is 23.3 Å². The second-order valence-corrected chi connectivity index (χ2v) is 6.61. The highest BCUT2D eigenvalue weighted by atomic mass is 79.9. The summed E-state index contributed by atoms with van der Waals surface area (Å²) in [6.07, 6.45) is 1.99. The fourth-order valence-electron chi connectivity index (χ4n) is 2.88. The molecule has 8 heteroatoms. The first kappa shape index (κ1) is 16.9. The molecule has 128 valence electrons. The van der Waals surface area contributed by atoms with Crippen LogP contribution in [0.25, 0.3) is 0 Å². The Hall–Kier alpha value is -1.93. The molecule has 1 aromatic carbocycles. The third-order valence-corrected chi connectivity index (χ3v) is 4.86. The zero-order chi connectivity index (χ0) is 17.1. The quantitative estimate of drug-likeness (QED) is 0.833. The van der Waals surface area contributed by atoms with Crippen LogP contribution < -0.4 is 15.4 Å². The van der Waals surface area contributed by atoms with E-state index in [4.69, 9.17) is 4.74 Å². The van der Waals surface area contributed by atoms with E-state index in [1.54, 1.807) is 19.2 Å². The van der Waals surface area contributed by atoms with Gasteiger partial charge in [-0.3, -0.25) is 4.79 Å². The minimum Gasteiger partial charge on any atom is -0.495 e. The molecule has 1 amide bonds. The van der Waals surface area contributed by atoms with Crippen molar-refractivity contribution < 1.29 is 9.53 Å². The van der Waals surface area contributed by atoms with Gasteiger partial charge < -0.3 is 15.4 Å². The summed E-state index contributed by atoms with van der Waals surface area (Å²) in [4.78, 5) is 12.5. The van der Waals surface area contributed by atoms with Gasteiger partial charge in [-0.25, -0.2) is 4.68 Å². The SMILES string of the molecule is COc1cc(NC(=O)c2nnn(C3CCNCC3)c2C)ccc1Br. The Bertz CT molecular complexity index is 740. The van der Waals surface area contributed by atoms with E-state index in [1.165, 1.54) is 0 Å². The van der Waals surface area contributed by atoms with Crippen molar-refractivity contribution in [2.24, 2.45) is 0 Å². The number of carbonyl (C=O) groups is 1. The summed E-state index contributed by atoms with van der Waals surface area (Å²) in [6, 6.07) is 5.69. The third kappa shape index (κ3) is 3.44. The lowest BCUT2D eigenvalue weighted by Gasteiger charge is -2.23. The number of aromatic nitrogens is 3. The van der Waals surface area contributed by atoms with E-state index in [0.717, 1.165) is 36.1 Å². The number of hydrogen-bond donors (Lipinski definition) is 2.